The number of hydrogen-bond acceptors (Lipinski definition) is 5. The van der Waals surface area contributed by atoms with E-state index in [9.17, 15) is 9.59 Å². The van der Waals surface area contributed by atoms with E-state index in [0.29, 0.717) is 35.4 Å². The van der Waals surface area contributed by atoms with E-state index in [4.69, 9.17) is 9.15 Å². The number of ether oxygens (including phenoxy) is 1. The lowest BCUT2D eigenvalue weighted by molar-refractivity contribution is 0.0720. The SMILES string of the molecule is CCOc1ccc2c(=O)c3c(oc2c1)C(=O)N(CCCN(CC)CC)C3c1cccc(Br)c1. The van der Waals surface area contributed by atoms with Gasteiger partial charge in [0.1, 0.15) is 11.3 Å². The Bertz CT molecular complexity index is 1220. The minimum Gasteiger partial charge on any atom is -0.494 e. The fourth-order valence-corrected chi connectivity index (χ4v) is 4.93. The van der Waals surface area contributed by atoms with Gasteiger partial charge >= 0.3 is 0 Å². The molecule has 0 spiro atoms. The van der Waals surface area contributed by atoms with Crippen LogP contribution in [0.25, 0.3) is 11.0 Å². The van der Waals surface area contributed by atoms with Crippen molar-refractivity contribution in [2.24, 2.45) is 0 Å². The van der Waals surface area contributed by atoms with Gasteiger partial charge in [0.05, 0.1) is 23.6 Å². The monoisotopic (exact) mass is 512 g/mol. The molecule has 7 heteroatoms. The summed E-state index contributed by atoms with van der Waals surface area (Å²) in [5.41, 5.74) is 1.50. The Labute approximate surface area is 202 Å². The first-order valence-corrected chi connectivity index (χ1v) is 12.3. The van der Waals surface area contributed by atoms with E-state index in [1.54, 1.807) is 23.1 Å². The highest BCUT2D eigenvalue weighted by Gasteiger charge is 2.42. The number of halogens is 1. The van der Waals surface area contributed by atoms with E-state index in [2.05, 4.69) is 34.7 Å². The van der Waals surface area contributed by atoms with Crippen LogP contribution >= 0.6 is 15.9 Å². The van der Waals surface area contributed by atoms with E-state index in [1.807, 2.05) is 31.2 Å². The summed E-state index contributed by atoms with van der Waals surface area (Å²) in [7, 11) is 0. The van der Waals surface area contributed by atoms with Crippen molar-refractivity contribution in [1.29, 1.82) is 0 Å². The average Bonchev–Trinajstić information content (AvgIpc) is 3.09. The molecule has 0 aliphatic carbocycles. The molecule has 4 rings (SSSR count). The molecule has 1 aliphatic rings. The largest absolute Gasteiger partial charge is 0.494 e. The molecule has 1 aliphatic heterocycles. The second-order valence-electron chi connectivity index (χ2n) is 8.10. The normalized spacial score (nSPS) is 15.5. The average molecular weight is 513 g/mol. The predicted octanol–water partition coefficient (Wildman–Crippen LogP) is 5.23. The van der Waals surface area contributed by atoms with Gasteiger partial charge in [-0.05, 0) is 62.8 Å². The fraction of sp³-hybridized carbons (Fsp3) is 0.385. The zero-order valence-electron chi connectivity index (χ0n) is 19.3. The third kappa shape index (κ3) is 4.57. The van der Waals surface area contributed by atoms with Crippen LogP contribution in [-0.4, -0.2) is 48.5 Å². The van der Waals surface area contributed by atoms with E-state index >= 15 is 0 Å². The van der Waals surface area contributed by atoms with Crippen molar-refractivity contribution in [2.45, 2.75) is 33.2 Å². The number of rotatable bonds is 9. The van der Waals surface area contributed by atoms with Crippen molar-refractivity contribution >= 4 is 32.8 Å². The van der Waals surface area contributed by atoms with Crippen LogP contribution in [0.1, 0.15) is 54.9 Å². The molecule has 1 unspecified atom stereocenters. The first kappa shape index (κ1) is 23.5. The molecular weight excluding hydrogens is 484 g/mol. The Kier molecular flexibility index (Phi) is 7.20. The molecule has 1 amide bonds. The van der Waals surface area contributed by atoms with E-state index in [0.717, 1.165) is 36.1 Å². The molecule has 174 valence electrons. The van der Waals surface area contributed by atoms with Gasteiger partial charge < -0.3 is 19.0 Å². The Morgan fingerprint density at radius 1 is 1.09 bits per heavy atom. The molecular formula is C26H29BrN2O4. The van der Waals surface area contributed by atoms with Crippen LogP contribution in [-0.2, 0) is 0 Å². The summed E-state index contributed by atoms with van der Waals surface area (Å²) in [6.45, 7) is 10.0. The van der Waals surface area contributed by atoms with Gasteiger partial charge in [0.2, 0.25) is 5.76 Å². The van der Waals surface area contributed by atoms with Gasteiger partial charge in [-0.3, -0.25) is 9.59 Å². The molecule has 6 nitrogen and oxygen atoms in total. The van der Waals surface area contributed by atoms with Crippen LogP contribution in [0.2, 0.25) is 0 Å². The number of fused-ring (bicyclic) bond motifs is 2. The summed E-state index contributed by atoms with van der Waals surface area (Å²) >= 11 is 3.53. The van der Waals surface area contributed by atoms with Crippen molar-refractivity contribution in [3.8, 4) is 5.75 Å². The second kappa shape index (κ2) is 10.1. The van der Waals surface area contributed by atoms with Crippen LogP contribution in [0.15, 0.2) is 56.1 Å². The Hall–Kier alpha value is -2.64. The molecule has 0 N–H and O–H groups in total. The first-order chi connectivity index (χ1) is 16.0. The van der Waals surface area contributed by atoms with Gasteiger partial charge in [-0.1, -0.05) is 41.9 Å². The van der Waals surface area contributed by atoms with E-state index < -0.39 is 6.04 Å². The summed E-state index contributed by atoms with van der Waals surface area (Å²) in [6, 6.07) is 12.5. The number of amides is 1. The van der Waals surface area contributed by atoms with Gasteiger partial charge in [0.25, 0.3) is 5.91 Å². The molecule has 1 aromatic heterocycles. The lowest BCUT2D eigenvalue weighted by Gasteiger charge is -2.26. The highest BCUT2D eigenvalue weighted by atomic mass is 79.9. The highest BCUT2D eigenvalue weighted by molar-refractivity contribution is 9.10. The molecule has 3 aromatic rings. The summed E-state index contributed by atoms with van der Waals surface area (Å²) in [4.78, 5) is 31.3. The predicted molar refractivity (Wildman–Crippen MR) is 133 cm³/mol. The maximum absolute atomic E-state index is 13.6. The Morgan fingerprint density at radius 3 is 2.58 bits per heavy atom. The quantitative estimate of drug-likeness (QED) is 0.392. The zero-order valence-corrected chi connectivity index (χ0v) is 20.9. The zero-order chi connectivity index (χ0) is 23.5. The standard InChI is InChI=1S/C26H29BrN2O4/c1-4-28(5-2)13-8-14-29-23(17-9-7-10-18(27)15-17)22-24(30)20-12-11-19(32-6-3)16-21(20)33-25(22)26(29)31/h7,9-12,15-16,23H,4-6,8,13-14H2,1-3H3. The Morgan fingerprint density at radius 2 is 1.88 bits per heavy atom. The first-order valence-electron chi connectivity index (χ1n) is 11.5. The van der Waals surface area contributed by atoms with Gasteiger partial charge in [0, 0.05) is 17.1 Å². The van der Waals surface area contributed by atoms with Crippen molar-refractivity contribution in [2.75, 3.05) is 32.8 Å². The van der Waals surface area contributed by atoms with Gasteiger partial charge in [-0.2, -0.15) is 0 Å². The Balaban J connectivity index is 1.80. The van der Waals surface area contributed by atoms with Gasteiger partial charge in [-0.15, -0.1) is 0 Å². The van der Waals surface area contributed by atoms with E-state index in [1.165, 1.54) is 0 Å². The third-order valence-electron chi connectivity index (χ3n) is 6.18. The molecule has 0 fully saturated rings. The molecule has 0 saturated heterocycles. The molecule has 1 atom stereocenters. The molecule has 33 heavy (non-hydrogen) atoms. The van der Waals surface area contributed by atoms with Crippen molar-refractivity contribution in [1.82, 2.24) is 9.80 Å². The number of carbonyl (C=O) groups excluding carboxylic acids is 1. The number of benzene rings is 2. The molecule has 2 heterocycles. The summed E-state index contributed by atoms with van der Waals surface area (Å²) in [6.07, 6.45) is 0.814. The van der Waals surface area contributed by atoms with Crippen molar-refractivity contribution in [3.05, 3.63) is 74.0 Å². The number of hydrogen-bond donors (Lipinski definition) is 0. The number of nitrogens with zero attached hydrogens (tertiary/aromatic N) is 2. The van der Waals surface area contributed by atoms with Crippen molar-refractivity contribution < 1.29 is 13.9 Å². The van der Waals surface area contributed by atoms with Crippen LogP contribution < -0.4 is 10.2 Å². The lowest BCUT2D eigenvalue weighted by Crippen LogP contribution is -2.33. The summed E-state index contributed by atoms with van der Waals surface area (Å²) in [5, 5.41) is 0.454. The topological polar surface area (TPSA) is 63.0 Å². The fourth-order valence-electron chi connectivity index (χ4n) is 4.51. The lowest BCUT2D eigenvalue weighted by atomic mass is 9.98. The third-order valence-corrected chi connectivity index (χ3v) is 6.68. The summed E-state index contributed by atoms with van der Waals surface area (Å²) in [5.74, 6) is 0.502. The molecule has 2 aromatic carbocycles. The molecule has 0 bridgehead atoms. The van der Waals surface area contributed by atoms with Crippen LogP contribution in [0.4, 0.5) is 0 Å². The van der Waals surface area contributed by atoms with Gasteiger partial charge in [-0.25, -0.2) is 0 Å². The summed E-state index contributed by atoms with van der Waals surface area (Å²) < 4.78 is 12.5. The van der Waals surface area contributed by atoms with Crippen LogP contribution in [0, 0.1) is 0 Å². The van der Waals surface area contributed by atoms with E-state index in [-0.39, 0.29) is 17.1 Å². The minimum absolute atomic E-state index is 0.133. The minimum atomic E-state index is -0.478. The maximum Gasteiger partial charge on any atom is 0.290 e. The van der Waals surface area contributed by atoms with Gasteiger partial charge in [0.15, 0.2) is 5.43 Å². The smallest absolute Gasteiger partial charge is 0.290 e. The number of carbonyl (C=O) groups is 1. The van der Waals surface area contributed by atoms with Crippen molar-refractivity contribution in [3.63, 3.8) is 0 Å². The second-order valence-corrected chi connectivity index (χ2v) is 9.02. The highest BCUT2D eigenvalue weighted by Crippen LogP contribution is 2.39. The van der Waals surface area contributed by atoms with Crippen LogP contribution in [0.5, 0.6) is 5.75 Å². The molecule has 0 saturated carbocycles. The van der Waals surface area contributed by atoms with Crippen LogP contribution in [0.3, 0.4) is 0 Å². The maximum atomic E-state index is 13.6. The molecule has 0 radical (unpaired) electrons.